The third-order valence-electron chi connectivity index (χ3n) is 3.21. The van der Waals surface area contributed by atoms with Gasteiger partial charge in [0.2, 0.25) is 0 Å². The topological polar surface area (TPSA) is 72.1 Å². The number of nitrogens with zero attached hydrogens (tertiary/aromatic N) is 3. The molecule has 1 amide bonds. The molecule has 2 rings (SSSR count). The summed E-state index contributed by atoms with van der Waals surface area (Å²) in [6.07, 6.45) is 3.68. The van der Waals surface area contributed by atoms with Crippen LogP contribution < -0.4 is 5.73 Å². The molecule has 92 valence electrons. The molecule has 0 saturated carbocycles. The first-order chi connectivity index (χ1) is 8.06. The molecule has 1 unspecified atom stereocenters. The average molecular weight is 255 g/mol. The lowest BCUT2D eigenvalue weighted by atomic mass is 9.90. The monoisotopic (exact) mass is 254 g/mol. The van der Waals surface area contributed by atoms with Crippen molar-refractivity contribution in [3.8, 4) is 0 Å². The van der Waals surface area contributed by atoms with Crippen molar-refractivity contribution in [1.82, 2.24) is 14.9 Å². The third kappa shape index (κ3) is 2.40. The van der Waals surface area contributed by atoms with Gasteiger partial charge in [0.25, 0.3) is 5.91 Å². The summed E-state index contributed by atoms with van der Waals surface area (Å²) in [6.45, 7) is 4.02. The van der Waals surface area contributed by atoms with Crippen molar-refractivity contribution in [2.45, 2.75) is 13.3 Å². The van der Waals surface area contributed by atoms with Crippen LogP contribution in [0.4, 0.5) is 0 Å². The molecule has 6 heteroatoms. The number of amides is 1. The molecule has 0 aromatic carbocycles. The van der Waals surface area contributed by atoms with Crippen LogP contribution in [0.15, 0.2) is 12.5 Å². The summed E-state index contributed by atoms with van der Waals surface area (Å²) in [5, 5.41) is 0.291. The van der Waals surface area contributed by atoms with Crippen LogP contribution in [0.1, 0.15) is 23.8 Å². The maximum atomic E-state index is 12.2. The van der Waals surface area contributed by atoms with E-state index in [4.69, 9.17) is 17.3 Å². The van der Waals surface area contributed by atoms with Crippen molar-refractivity contribution in [2.75, 3.05) is 19.6 Å². The van der Waals surface area contributed by atoms with E-state index in [2.05, 4.69) is 16.9 Å². The van der Waals surface area contributed by atoms with Crippen molar-refractivity contribution in [2.24, 2.45) is 11.1 Å². The predicted octanol–water partition coefficient (Wildman–Crippen LogP) is 0.941. The number of hydrogen-bond acceptors (Lipinski definition) is 4. The van der Waals surface area contributed by atoms with E-state index in [1.165, 1.54) is 12.5 Å². The summed E-state index contributed by atoms with van der Waals surface area (Å²) in [4.78, 5) is 21.6. The fourth-order valence-electron chi connectivity index (χ4n) is 1.98. The van der Waals surface area contributed by atoms with E-state index in [-0.39, 0.29) is 17.0 Å². The number of hydrogen-bond donors (Lipinski definition) is 1. The number of nitrogens with two attached hydrogens (primary N) is 1. The number of carbonyl (C=O) groups excluding carboxylic acids is 1. The largest absolute Gasteiger partial charge is 0.337 e. The summed E-state index contributed by atoms with van der Waals surface area (Å²) in [6, 6.07) is 0. The third-order valence-corrected chi connectivity index (χ3v) is 3.48. The Morgan fingerprint density at radius 1 is 1.71 bits per heavy atom. The second kappa shape index (κ2) is 4.58. The van der Waals surface area contributed by atoms with Crippen LogP contribution in [-0.2, 0) is 0 Å². The van der Waals surface area contributed by atoms with Crippen molar-refractivity contribution >= 4 is 17.5 Å². The minimum Gasteiger partial charge on any atom is -0.337 e. The number of halogens is 1. The Morgan fingerprint density at radius 2 is 2.47 bits per heavy atom. The van der Waals surface area contributed by atoms with Crippen LogP contribution in [0.5, 0.6) is 0 Å². The molecule has 0 spiro atoms. The first kappa shape index (κ1) is 12.3. The van der Waals surface area contributed by atoms with Crippen molar-refractivity contribution in [1.29, 1.82) is 0 Å². The quantitative estimate of drug-likeness (QED) is 0.853. The van der Waals surface area contributed by atoms with E-state index < -0.39 is 0 Å². The van der Waals surface area contributed by atoms with Crippen molar-refractivity contribution < 1.29 is 4.79 Å². The zero-order valence-corrected chi connectivity index (χ0v) is 10.4. The normalized spacial score (nSPS) is 24.1. The van der Waals surface area contributed by atoms with Gasteiger partial charge >= 0.3 is 0 Å². The fourth-order valence-corrected chi connectivity index (χ4v) is 2.17. The molecule has 0 aliphatic carbocycles. The smallest absolute Gasteiger partial charge is 0.274 e. The zero-order valence-electron chi connectivity index (χ0n) is 9.69. The van der Waals surface area contributed by atoms with Gasteiger partial charge < -0.3 is 10.6 Å². The molecule has 1 saturated heterocycles. The molecular formula is C11H15ClN4O. The number of likely N-dealkylation sites (tertiary alicyclic amines) is 1. The van der Waals surface area contributed by atoms with Crippen LogP contribution >= 0.6 is 11.6 Å². The zero-order chi connectivity index (χ0) is 12.5. The van der Waals surface area contributed by atoms with Gasteiger partial charge in [-0.2, -0.15) is 0 Å². The fraction of sp³-hybridized carbons (Fsp3) is 0.545. The molecule has 1 aromatic rings. The van der Waals surface area contributed by atoms with Gasteiger partial charge in [-0.15, -0.1) is 0 Å². The Bertz CT molecular complexity index is 439. The summed E-state index contributed by atoms with van der Waals surface area (Å²) in [5.41, 5.74) is 5.99. The molecule has 17 heavy (non-hydrogen) atoms. The highest BCUT2D eigenvalue weighted by atomic mass is 35.5. The van der Waals surface area contributed by atoms with Gasteiger partial charge in [0, 0.05) is 19.3 Å². The molecule has 1 aliphatic heterocycles. The Kier molecular flexibility index (Phi) is 3.31. The van der Waals surface area contributed by atoms with Gasteiger partial charge in [0.15, 0.2) is 0 Å². The maximum absolute atomic E-state index is 12.2. The summed E-state index contributed by atoms with van der Waals surface area (Å²) < 4.78 is 0. The van der Waals surface area contributed by atoms with E-state index >= 15 is 0 Å². The predicted molar refractivity (Wildman–Crippen MR) is 64.7 cm³/mol. The Labute approximate surface area is 105 Å². The van der Waals surface area contributed by atoms with E-state index in [0.717, 1.165) is 6.42 Å². The van der Waals surface area contributed by atoms with Crippen molar-refractivity contribution in [3.63, 3.8) is 0 Å². The molecule has 2 N–H and O–H groups in total. The van der Waals surface area contributed by atoms with Crippen LogP contribution in [0.25, 0.3) is 0 Å². The van der Waals surface area contributed by atoms with Gasteiger partial charge in [0.05, 0.1) is 5.02 Å². The first-order valence-corrected chi connectivity index (χ1v) is 5.88. The Hall–Kier alpha value is -1.20. The number of rotatable bonds is 2. The van der Waals surface area contributed by atoms with Crippen molar-refractivity contribution in [3.05, 3.63) is 23.2 Å². The highest BCUT2D eigenvalue weighted by molar-refractivity contribution is 6.33. The Balaban J connectivity index is 2.15. The summed E-state index contributed by atoms with van der Waals surface area (Å²) >= 11 is 5.91. The van der Waals surface area contributed by atoms with Crippen LogP contribution in [0.2, 0.25) is 5.02 Å². The molecule has 0 bridgehead atoms. The lowest BCUT2D eigenvalue weighted by Crippen LogP contribution is -2.35. The maximum Gasteiger partial charge on any atom is 0.274 e. The molecule has 5 nitrogen and oxygen atoms in total. The molecule has 1 aromatic heterocycles. The second-order valence-corrected chi connectivity index (χ2v) is 5.12. The minimum atomic E-state index is -0.144. The molecule has 1 aliphatic rings. The molecule has 1 atom stereocenters. The van der Waals surface area contributed by atoms with Gasteiger partial charge in [-0.1, -0.05) is 18.5 Å². The molecule has 1 fully saturated rings. The second-order valence-electron chi connectivity index (χ2n) is 4.71. The van der Waals surface area contributed by atoms with E-state index in [1.54, 1.807) is 4.90 Å². The highest BCUT2D eigenvalue weighted by Crippen LogP contribution is 2.29. The lowest BCUT2D eigenvalue weighted by molar-refractivity contribution is 0.0771. The van der Waals surface area contributed by atoms with Crippen LogP contribution in [0.3, 0.4) is 0 Å². The first-order valence-electron chi connectivity index (χ1n) is 5.50. The van der Waals surface area contributed by atoms with Gasteiger partial charge in [0.1, 0.15) is 12.0 Å². The standard InChI is InChI=1S/C11H15ClN4O/c1-11(5-13)2-3-16(6-11)10(17)9-8(12)4-14-7-15-9/h4,7H,2-3,5-6,13H2,1H3. The average Bonchev–Trinajstić information content (AvgIpc) is 2.73. The summed E-state index contributed by atoms with van der Waals surface area (Å²) in [7, 11) is 0. The SMILES string of the molecule is CC1(CN)CCN(C(=O)c2ncncc2Cl)C1. The molecular weight excluding hydrogens is 240 g/mol. The Morgan fingerprint density at radius 3 is 3.06 bits per heavy atom. The van der Waals surface area contributed by atoms with E-state index in [0.29, 0.717) is 24.7 Å². The van der Waals surface area contributed by atoms with Gasteiger partial charge in [-0.05, 0) is 18.4 Å². The van der Waals surface area contributed by atoms with Gasteiger partial charge in [-0.25, -0.2) is 9.97 Å². The number of aromatic nitrogens is 2. The minimum absolute atomic E-state index is 0.00909. The van der Waals surface area contributed by atoms with Crippen LogP contribution in [-0.4, -0.2) is 40.4 Å². The van der Waals surface area contributed by atoms with Gasteiger partial charge in [-0.3, -0.25) is 4.79 Å². The van der Waals surface area contributed by atoms with E-state index in [9.17, 15) is 4.79 Å². The lowest BCUT2D eigenvalue weighted by Gasteiger charge is -2.22. The van der Waals surface area contributed by atoms with E-state index in [1.807, 2.05) is 0 Å². The molecule has 0 radical (unpaired) electrons. The highest BCUT2D eigenvalue weighted by Gasteiger charge is 2.36. The number of carbonyl (C=O) groups is 1. The van der Waals surface area contributed by atoms with Crippen LogP contribution in [0, 0.1) is 5.41 Å². The molecule has 2 heterocycles. The summed E-state index contributed by atoms with van der Waals surface area (Å²) in [5.74, 6) is -0.144.